The van der Waals surface area contributed by atoms with Crippen molar-refractivity contribution in [3.63, 3.8) is 0 Å². The number of amides is 2. The highest BCUT2D eigenvalue weighted by molar-refractivity contribution is 6.35. The number of piperidine rings is 1. The zero-order valence-electron chi connectivity index (χ0n) is 19.5. The lowest BCUT2D eigenvalue weighted by molar-refractivity contribution is -0.110. The first-order valence-corrected chi connectivity index (χ1v) is 11.9. The smallest absolute Gasteiger partial charge is 0.256 e. The molecular formula is C27H25ClFN3O3. The van der Waals surface area contributed by atoms with Crippen LogP contribution in [-0.4, -0.2) is 54.8 Å². The normalized spacial score (nSPS) is 17.2. The summed E-state index contributed by atoms with van der Waals surface area (Å²) in [5.74, 6) is 0.106. The lowest BCUT2D eigenvalue weighted by Gasteiger charge is -2.35. The average Bonchev–Trinajstić information content (AvgIpc) is 3.43. The van der Waals surface area contributed by atoms with Crippen molar-refractivity contribution in [3.05, 3.63) is 76.3 Å². The minimum Gasteiger partial charge on any atom is -0.457 e. The molecule has 0 atom stereocenters. The number of halogens is 2. The van der Waals surface area contributed by atoms with Crippen molar-refractivity contribution in [2.24, 2.45) is 0 Å². The van der Waals surface area contributed by atoms with Crippen molar-refractivity contribution in [2.75, 3.05) is 32.5 Å². The van der Waals surface area contributed by atoms with Crippen molar-refractivity contribution >= 4 is 40.8 Å². The summed E-state index contributed by atoms with van der Waals surface area (Å²) in [6.45, 7) is 1.42. The predicted molar refractivity (Wildman–Crippen MR) is 135 cm³/mol. The standard InChI is InChI=1S/C27H25ClFN3O3/c1-31(2)18-9-11-32(12-10-18)27(34)16-3-6-23(28)22(13-16)25-8-5-19(35-25)15-21-20-14-17(29)4-7-24(20)30-26(21)33/h3-8,13-15,18H,9-12H2,1-2H3,(H,30,33). The first-order valence-electron chi connectivity index (χ1n) is 11.5. The van der Waals surface area contributed by atoms with Gasteiger partial charge in [-0.25, -0.2) is 4.39 Å². The molecule has 5 rings (SSSR count). The van der Waals surface area contributed by atoms with E-state index in [0.717, 1.165) is 12.8 Å². The summed E-state index contributed by atoms with van der Waals surface area (Å²) in [6.07, 6.45) is 3.45. The molecule has 0 saturated carbocycles. The molecule has 2 amide bonds. The second kappa shape index (κ2) is 9.32. The number of furan rings is 1. The third kappa shape index (κ3) is 4.61. The van der Waals surface area contributed by atoms with Gasteiger partial charge >= 0.3 is 0 Å². The number of hydrogen-bond acceptors (Lipinski definition) is 4. The fourth-order valence-corrected chi connectivity index (χ4v) is 4.85. The van der Waals surface area contributed by atoms with Crippen LogP contribution < -0.4 is 5.32 Å². The molecule has 0 unspecified atom stereocenters. The number of hydrogen-bond donors (Lipinski definition) is 1. The number of anilines is 1. The Morgan fingerprint density at radius 1 is 1.11 bits per heavy atom. The molecule has 0 spiro atoms. The SMILES string of the molecule is CN(C)C1CCN(C(=O)c2ccc(Cl)c(-c3ccc(C=C4C(=O)Nc5ccc(F)cc54)o3)c2)CC1. The number of carbonyl (C=O) groups excluding carboxylic acids is 2. The van der Waals surface area contributed by atoms with Gasteiger partial charge in [-0.3, -0.25) is 9.59 Å². The summed E-state index contributed by atoms with van der Waals surface area (Å²) in [4.78, 5) is 29.6. The molecule has 0 bridgehead atoms. The van der Waals surface area contributed by atoms with Crippen LogP contribution in [0.1, 0.15) is 34.5 Å². The van der Waals surface area contributed by atoms with E-state index >= 15 is 0 Å². The molecule has 1 aromatic heterocycles. The van der Waals surface area contributed by atoms with Crippen molar-refractivity contribution in [3.8, 4) is 11.3 Å². The van der Waals surface area contributed by atoms with Crippen molar-refractivity contribution in [1.82, 2.24) is 9.80 Å². The topological polar surface area (TPSA) is 65.8 Å². The van der Waals surface area contributed by atoms with Crippen LogP contribution in [0.15, 0.2) is 52.9 Å². The maximum absolute atomic E-state index is 13.7. The van der Waals surface area contributed by atoms with E-state index in [1.165, 1.54) is 18.2 Å². The van der Waals surface area contributed by atoms with Crippen LogP contribution >= 0.6 is 11.6 Å². The molecule has 0 aliphatic carbocycles. The molecule has 2 aliphatic rings. The van der Waals surface area contributed by atoms with Gasteiger partial charge in [0.05, 0.1) is 10.6 Å². The minimum atomic E-state index is -0.425. The van der Waals surface area contributed by atoms with Gasteiger partial charge in [0.15, 0.2) is 0 Å². The number of carbonyl (C=O) groups is 2. The van der Waals surface area contributed by atoms with Crippen LogP contribution in [0.2, 0.25) is 5.02 Å². The summed E-state index contributed by atoms with van der Waals surface area (Å²) in [5, 5.41) is 3.17. The molecule has 1 N–H and O–H groups in total. The summed E-state index contributed by atoms with van der Waals surface area (Å²) in [5.41, 5.74) is 2.49. The van der Waals surface area contributed by atoms with E-state index in [0.29, 0.717) is 63.6 Å². The maximum atomic E-state index is 13.7. The van der Waals surface area contributed by atoms with Crippen LogP contribution in [0.4, 0.5) is 10.1 Å². The number of nitrogens with zero attached hydrogens (tertiary/aromatic N) is 2. The Labute approximate surface area is 208 Å². The molecule has 1 saturated heterocycles. The van der Waals surface area contributed by atoms with Crippen LogP contribution in [0.3, 0.4) is 0 Å². The molecule has 2 aliphatic heterocycles. The number of likely N-dealkylation sites (tertiary alicyclic amines) is 1. The van der Waals surface area contributed by atoms with E-state index in [4.69, 9.17) is 16.0 Å². The lowest BCUT2D eigenvalue weighted by atomic mass is 10.0. The predicted octanol–water partition coefficient (Wildman–Crippen LogP) is 5.40. The first-order chi connectivity index (χ1) is 16.8. The van der Waals surface area contributed by atoms with Gasteiger partial charge < -0.3 is 19.5 Å². The average molecular weight is 494 g/mol. The number of fused-ring (bicyclic) bond motifs is 1. The first kappa shape index (κ1) is 23.3. The molecular weight excluding hydrogens is 469 g/mol. The molecule has 35 heavy (non-hydrogen) atoms. The van der Waals surface area contributed by atoms with Gasteiger partial charge in [0.25, 0.3) is 11.8 Å². The highest BCUT2D eigenvalue weighted by atomic mass is 35.5. The number of benzene rings is 2. The second-order valence-corrected chi connectivity index (χ2v) is 9.49. The maximum Gasteiger partial charge on any atom is 0.256 e. The largest absolute Gasteiger partial charge is 0.457 e. The number of nitrogens with one attached hydrogen (secondary N) is 1. The van der Waals surface area contributed by atoms with Gasteiger partial charge in [-0.1, -0.05) is 11.6 Å². The van der Waals surface area contributed by atoms with Gasteiger partial charge in [0, 0.05) is 41.5 Å². The molecule has 3 heterocycles. The van der Waals surface area contributed by atoms with Crippen LogP contribution in [0, 0.1) is 5.82 Å². The van der Waals surface area contributed by atoms with Crippen LogP contribution in [0.5, 0.6) is 0 Å². The fourth-order valence-electron chi connectivity index (χ4n) is 4.64. The Hall–Kier alpha value is -3.42. The minimum absolute atomic E-state index is 0.0321. The van der Waals surface area contributed by atoms with E-state index in [2.05, 4.69) is 24.3 Å². The molecule has 0 radical (unpaired) electrons. The molecule has 8 heteroatoms. The van der Waals surface area contributed by atoms with Gasteiger partial charge in [0.1, 0.15) is 17.3 Å². The van der Waals surface area contributed by atoms with Crippen LogP contribution in [-0.2, 0) is 4.79 Å². The van der Waals surface area contributed by atoms with Crippen molar-refractivity contribution in [1.29, 1.82) is 0 Å². The Balaban J connectivity index is 1.39. The zero-order valence-corrected chi connectivity index (χ0v) is 20.2. The zero-order chi connectivity index (χ0) is 24.7. The van der Waals surface area contributed by atoms with Crippen molar-refractivity contribution < 1.29 is 18.4 Å². The van der Waals surface area contributed by atoms with Gasteiger partial charge in [-0.05, 0) is 81.5 Å². The Kier molecular flexibility index (Phi) is 6.21. The van der Waals surface area contributed by atoms with Gasteiger partial charge in [-0.2, -0.15) is 0 Å². The van der Waals surface area contributed by atoms with E-state index < -0.39 is 5.82 Å². The summed E-state index contributed by atoms with van der Waals surface area (Å²) < 4.78 is 19.7. The molecule has 180 valence electrons. The second-order valence-electron chi connectivity index (χ2n) is 9.09. The Morgan fingerprint density at radius 2 is 1.89 bits per heavy atom. The van der Waals surface area contributed by atoms with Crippen molar-refractivity contribution in [2.45, 2.75) is 18.9 Å². The summed E-state index contributed by atoms with van der Waals surface area (Å²) in [7, 11) is 4.13. The monoisotopic (exact) mass is 493 g/mol. The van der Waals surface area contributed by atoms with E-state index in [-0.39, 0.29) is 11.8 Å². The summed E-state index contributed by atoms with van der Waals surface area (Å²) >= 11 is 6.45. The highest BCUT2D eigenvalue weighted by Gasteiger charge is 2.26. The van der Waals surface area contributed by atoms with Crippen LogP contribution in [0.25, 0.3) is 23.0 Å². The number of rotatable bonds is 4. The molecule has 6 nitrogen and oxygen atoms in total. The summed E-state index contributed by atoms with van der Waals surface area (Å²) in [6, 6.07) is 13.2. The molecule has 1 fully saturated rings. The quantitative estimate of drug-likeness (QED) is 0.494. The van der Waals surface area contributed by atoms with E-state index in [1.54, 1.807) is 36.4 Å². The third-order valence-corrected chi connectivity index (χ3v) is 6.97. The van der Waals surface area contributed by atoms with E-state index in [1.807, 2.05) is 4.90 Å². The van der Waals surface area contributed by atoms with Gasteiger partial charge in [0.2, 0.25) is 0 Å². The van der Waals surface area contributed by atoms with E-state index in [9.17, 15) is 14.0 Å². The highest BCUT2D eigenvalue weighted by Crippen LogP contribution is 2.36. The molecule has 3 aromatic rings. The lowest BCUT2D eigenvalue weighted by Crippen LogP contribution is -2.44. The fraction of sp³-hybridized carbons (Fsp3) is 0.259. The Morgan fingerprint density at radius 3 is 2.63 bits per heavy atom. The van der Waals surface area contributed by atoms with Gasteiger partial charge in [-0.15, -0.1) is 0 Å². The third-order valence-electron chi connectivity index (χ3n) is 6.64. The molecule has 2 aromatic carbocycles. The Bertz CT molecular complexity index is 1340.